The Hall–Kier alpha value is -4.88. The predicted molar refractivity (Wildman–Crippen MR) is 278 cm³/mol. The molecule has 5 aromatic rings. The number of hydrogen-bond donors (Lipinski definition) is 3. The summed E-state index contributed by atoms with van der Waals surface area (Å²) in [5, 5.41) is 0. The quantitative estimate of drug-likeness (QED) is 0.0843. The summed E-state index contributed by atoms with van der Waals surface area (Å²) in [5.74, 6) is -0.352. The smallest absolute Gasteiger partial charge is 0.318 e. The Morgan fingerprint density at radius 3 is 0.826 bits per heavy atom. The molecule has 0 radical (unpaired) electrons. The van der Waals surface area contributed by atoms with Crippen LogP contribution in [0.5, 0.6) is 0 Å². The highest BCUT2D eigenvalue weighted by Gasteiger charge is 2.10. The van der Waals surface area contributed by atoms with Crippen LogP contribution < -0.4 is 4.90 Å². The molecule has 0 atom stereocenters. The average molecular weight is 1070 g/mol. The van der Waals surface area contributed by atoms with E-state index in [4.69, 9.17) is 13.7 Å². The van der Waals surface area contributed by atoms with Gasteiger partial charge in [0.1, 0.15) is 9.84 Å². The Morgan fingerprint density at radius 1 is 0.449 bits per heavy atom. The first-order valence-electron chi connectivity index (χ1n) is 20.6. The highest BCUT2D eigenvalue weighted by Crippen LogP contribution is 2.08. The lowest BCUT2D eigenvalue weighted by molar-refractivity contribution is -0.107. The lowest BCUT2D eigenvalue weighted by atomic mass is 10.2. The average Bonchev–Trinajstić information content (AvgIpc) is 3.29. The molecule has 0 aromatic heterocycles. The van der Waals surface area contributed by atoms with E-state index < -0.39 is 57.2 Å². The number of anilines is 1. The zero-order valence-corrected chi connectivity index (χ0v) is 45.0. The molecular weight excluding hydrogens is 995 g/mol. The number of hydrogen-bond acceptors (Lipinski definition) is 13. The monoisotopic (exact) mass is 1070 g/mol. The van der Waals surface area contributed by atoms with Crippen molar-refractivity contribution in [3.63, 3.8) is 0 Å². The normalized spacial score (nSPS) is 10.3. The van der Waals surface area contributed by atoms with Gasteiger partial charge in [0.2, 0.25) is 6.41 Å². The zero-order chi connectivity index (χ0) is 54.0. The summed E-state index contributed by atoms with van der Waals surface area (Å²) in [5.41, 5.74) is 6.55. The van der Waals surface area contributed by atoms with Gasteiger partial charge in [-0.2, -0.15) is 33.7 Å². The zero-order valence-electron chi connectivity index (χ0n) is 40.9. The number of para-hydroxylation sites is 1. The van der Waals surface area contributed by atoms with Crippen LogP contribution in [0.4, 0.5) is 5.69 Å². The maximum Gasteiger partial charge on any atom is 0.399 e. The molecule has 3 N–H and O–H groups in total. The van der Waals surface area contributed by atoms with Crippen LogP contribution in [0.1, 0.15) is 49.9 Å². The summed E-state index contributed by atoms with van der Waals surface area (Å²) in [6.45, 7) is 8.23. The van der Waals surface area contributed by atoms with E-state index in [9.17, 15) is 46.9 Å². The molecule has 0 unspecified atom stereocenters. The molecular formula is C47H71NO16S5. The fourth-order valence-electron chi connectivity index (χ4n) is 3.91. The van der Waals surface area contributed by atoms with Crippen LogP contribution in [-0.2, 0) is 89.4 Å². The third kappa shape index (κ3) is 65.2. The molecule has 0 aliphatic rings. The number of sulfone groups is 1. The van der Waals surface area contributed by atoms with E-state index >= 15 is 0 Å². The SMILES string of the molecule is CCc1ccccc1.CCc1ccccc1.CCc1ccccc1.CCc1ccccc1.CN(C=O)c1ccccc1.COS(=O)(=O)OCCS(C)(=O)=O.CS(=O)(=O)O.CS(=O)(=O)O.CS(=O)(=O)O. The fourth-order valence-corrected chi connectivity index (χ4v) is 4.79. The molecule has 0 aliphatic heterocycles. The molecule has 17 nitrogen and oxygen atoms in total. The van der Waals surface area contributed by atoms with Crippen molar-refractivity contribution in [3.8, 4) is 0 Å². The van der Waals surface area contributed by atoms with Gasteiger partial charge in [0.25, 0.3) is 30.4 Å². The number of nitrogens with zero attached hydrogens (tertiary/aromatic N) is 1. The van der Waals surface area contributed by atoms with E-state index in [0.29, 0.717) is 18.8 Å². The van der Waals surface area contributed by atoms with Crippen LogP contribution >= 0.6 is 0 Å². The summed E-state index contributed by atoms with van der Waals surface area (Å²) in [6.07, 6.45) is 8.47. The highest BCUT2D eigenvalue weighted by molar-refractivity contribution is 7.90. The van der Waals surface area contributed by atoms with E-state index in [1.807, 2.05) is 54.6 Å². The van der Waals surface area contributed by atoms with Gasteiger partial charge in [0, 0.05) is 19.0 Å². The van der Waals surface area contributed by atoms with Crippen molar-refractivity contribution in [2.45, 2.75) is 53.4 Å². The van der Waals surface area contributed by atoms with Crippen molar-refractivity contribution in [1.29, 1.82) is 0 Å². The van der Waals surface area contributed by atoms with E-state index in [1.165, 1.54) is 27.2 Å². The first kappa shape index (κ1) is 70.7. The standard InChI is InChI=1S/C8H9NO.4C8H10.C4H10O6S2.3CH4O3S/c1-9(7-10)8-5-3-2-4-6-8;4*1-2-8-6-4-3-5-7-8;1-9-12(7,8)10-3-4-11(2,5)6;3*1-5(2,3)4/h2-7H,1H3;4*3-7H,2H2,1H3;3-4H2,1-2H3;3*1H3,(H,2,3,4). The summed E-state index contributed by atoms with van der Waals surface area (Å²) >= 11 is 0. The molecule has 1 amide bonds. The molecule has 390 valence electrons. The third-order valence-electron chi connectivity index (χ3n) is 7.21. The van der Waals surface area contributed by atoms with Crippen LogP contribution in [0.2, 0.25) is 0 Å². The van der Waals surface area contributed by atoms with Gasteiger partial charge in [-0.05, 0) is 60.1 Å². The van der Waals surface area contributed by atoms with Crippen molar-refractivity contribution in [2.24, 2.45) is 0 Å². The van der Waals surface area contributed by atoms with Crippen molar-refractivity contribution in [1.82, 2.24) is 0 Å². The molecule has 0 bridgehead atoms. The summed E-state index contributed by atoms with van der Waals surface area (Å²) in [4.78, 5) is 11.8. The number of aryl methyl sites for hydroxylation is 4. The number of rotatable bonds is 11. The Morgan fingerprint density at radius 2 is 0.667 bits per heavy atom. The second kappa shape index (κ2) is 41.0. The van der Waals surface area contributed by atoms with Crippen LogP contribution in [-0.4, -0.2) is 114 Å². The number of amides is 1. The van der Waals surface area contributed by atoms with Crippen molar-refractivity contribution < 1.29 is 68.9 Å². The van der Waals surface area contributed by atoms with Gasteiger partial charge < -0.3 is 4.90 Å². The minimum absolute atomic E-state index is 0.352. The molecule has 0 aliphatic carbocycles. The molecule has 22 heteroatoms. The first-order chi connectivity index (χ1) is 31.8. The van der Waals surface area contributed by atoms with E-state index in [1.54, 1.807) is 7.05 Å². The highest BCUT2D eigenvalue weighted by atomic mass is 32.3. The third-order valence-corrected chi connectivity index (χ3v) is 8.98. The number of benzene rings is 5. The van der Waals surface area contributed by atoms with Crippen molar-refractivity contribution in [2.75, 3.05) is 56.4 Å². The number of carbonyl (C=O) groups excluding carboxylic acids is 1. The molecule has 0 fully saturated rings. The Balaban J connectivity index is -0.000000349. The Labute approximate surface area is 413 Å². The lowest BCUT2D eigenvalue weighted by Gasteiger charge is -2.08. The Bertz CT molecular complexity index is 2300. The first-order valence-corrected chi connectivity index (χ1v) is 29.6. The van der Waals surface area contributed by atoms with Gasteiger partial charge >= 0.3 is 10.4 Å². The van der Waals surface area contributed by atoms with Crippen LogP contribution in [0.3, 0.4) is 0 Å². The van der Waals surface area contributed by atoms with E-state index in [-0.39, 0.29) is 5.75 Å². The maximum atomic E-state index is 10.5. The van der Waals surface area contributed by atoms with Gasteiger partial charge in [-0.3, -0.25) is 22.6 Å². The fraction of sp³-hybridized carbons (Fsp3) is 0.340. The molecule has 5 aromatic carbocycles. The van der Waals surface area contributed by atoms with Crippen molar-refractivity contribution >= 4 is 62.7 Å². The lowest BCUT2D eigenvalue weighted by Crippen LogP contribution is -2.15. The minimum Gasteiger partial charge on any atom is -0.318 e. The van der Waals surface area contributed by atoms with E-state index in [0.717, 1.165) is 51.1 Å². The second-order valence-corrected chi connectivity index (χ2v) is 21.7. The van der Waals surface area contributed by atoms with Gasteiger partial charge in [0.15, 0.2) is 0 Å². The van der Waals surface area contributed by atoms with Crippen LogP contribution in [0.15, 0.2) is 152 Å². The van der Waals surface area contributed by atoms with Crippen LogP contribution in [0, 0.1) is 0 Å². The summed E-state index contributed by atoms with van der Waals surface area (Å²) in [6, 6.07) is 51.3. The molecule has 0 heterocycles. The van der Waals surface area contributed by atoms with E-state index in [2.05, 4.69) is 133 Å². The van der Waals surface area contributed by atoms with Gasteiger partial charge in [-0.15, -0.1) is 0 Å². The molecule has 0 spiro atoms. The topological polar surface area (TPSA) is 270 Å². The minimum atomic E-state index is -4.01. The van der Waals surface area contributed by atoms with Gasteiger partial charge in [-0.25, -0.2) is 12.6 Å². The van der Waals surface area contributed by atoms with Gasteiger partial charge in [0.05, 0.1) is 38.2 Å². The number of carbonyl (C=O) groups is 1. The molecule has 0 saturated heterocycles. The van der Waals surface area contributed by atoms with Gasteiger partial charge in [-0.1, -0.05) is 167 Å². The summed E-state index contributed by atoms with van der Waals surface area (Å²) in [7, 11) is -15.6. The van der Waals surface area contributed by atoms with Crippen molar-refractivity contribution in [3.05, 3.63) is 174 Å². The molecule has 69 heavy (non-hydrogen) atoms. The summed E-state index contributed by atoms with van der Waals surface area (Å²) < 4.78 is 128. The second-order valence-electron chi connectivity index (χ2n) is 13.6. The largest absolute Gasteiger partial charge is 0.399 e. The maximum absolute atomic E-state index is 10.5. The Kier molecular flexibility index (Phi) is 42.0. The molecule has 0 saturated carbocycles. The van der Waals surface area contributed by atoms with Crippen LogP contribution in [0.25, 0.3) is 0 Å². The molecule has 5 rings (SSSR count). The predicted octanol–water partition coefficient (Wildman–Crippen LogP) is 7.73.